The Kier molecular flexibility index (Phi) is 4.34. The zero-order valence-corrected chi connectivity index (χ0v) is 12.8. The van der Waals surface area contributed by atoms with E-state index in [4.69, 9.17) is 11.6 Å². The maximum Gasteiger partial charge on any atom is 0.0961 e. The van der Waals surface area contributed by atoms with Crippen molar-refractivity contribution in [2.45, 2.75) is 12.5 Å². The summed E-state index contributed by atoms with van der Waals surface area (Å²) in [6, 6.07) is 17.4. The number of aliphatic hydroxyl groups excluding tert-OH is 1. The van der Waals surface area contributed by atoms with Gasteiger partial charge in [-0.25, -0.2) is 4.98 Å². The second-order valence-corrected chi connectivity index (χ2v) is 6.15. The van der Waals surface area contributed by atoms with Gasteiger partial charge in [0.25, 0.3) is 0 Å². The van der Waals surface area contributed by atoms with Crippen LogP contribution < -0.4 is 0 Å². The SMILES string of the molecule is OC(Cc1nc(-c2ccccc2)cs1)c1cccc(Cl)c1. The van der Waals surface area contributed by atoms with E-state index in [9.17, 15) is 5.11 Å². The van der Waals surface area contributed by atoms with Gasteiger partial charge in [-0.05, 0) is 17.7 Å². The molecule has 2 aromatic carbocycles. The van der Waals surface area contributed by atoms with Gasteiger partial charge in [0.2, 0.25) is 0 Å². The van der Waals surface area contributed by atoms with E-state index in [1.165, 1.54) is 0 Å². The molecule has 3 rings (SSSR count). The Balaban J connectivity index is 1.75. The number of rotatable bonds is 4. The lowest BCUT2D eigenvalue weighted by molar-refractivity contribution is 0.178. The lowest BCUT2D eigenvalue weighted by Gasteiger charge is -2.09. The van der Waals surface area contributed by atoms with Gasteiger partial charge in [-0.3, -0.25) is 0 Å². The lowest BCUT2D eigenvalue weighted by atomic mass is 10.1. The van der Waals surface area contributed by atoms with E-state index in [1.54, 1.807) is 23.5 Å². The predicted octanol–water partition coefficient (Wildman–Crippen LogP) is 4.74. The fourth-order valence-corrected chi connectivity index (χ4v) is 3.18. The fraction of sp³-hybridized carbons (Fsp3) is 0.118. The van der Waals surface area contributed by atoms with Crippen LogP contribution in [0.15, 0.2) is 60.0 Å². The first-order chi connectivity index (χ1) is 10.2. The standard InChI is InChI=1S/C17H14ClNOS/c18-14-8-4-7-13(9-14)16(20)10-17-19-15(11-21-17)12-5-2-1-3-6-12/h1-9,11,16,20H,10H2. The van der Waals surface area contributed by atoms with E-state index in [1.807, 2.05) is 47.8 Å². The molecule has 1 atom stereocenters. The zero-order chi connectivity index (χ0) is 14.7. The van der Waals surface area contributed by atoms with Crippen LogP contribution in [0.4, 0.5) is 0 Å². The van der Waals surface area contributed by atoms with Crippen LogP contribution in [-0.2, 0) is 6.42 Å². The van der Waals surface area contributed by atoms with Crippen LogP contribution in [0, 0.1) is 0 Å². The molecule has 1 heterocycles. The zero-order valence-electron chi connectivity index (χ0n) is 11.2. The van der Waals surface area contributed by atoms with Crippen molar-refractivity contribution in [3.05, 3.63) is 75.6 Å². The highest BCUT2D eigenvalue weighted by atomic mass is 35.5. The van der Waals surface area contributed by atoms with E-state index in [-0.39, 0.29) is 0 Å². The number of aliphatic hydroxyl groups is 1. The molecule has 0 aliphatic heterocycles. The summed E-state index contributed by atoms with van der Waals surface area (Å²) in [5.74, 6) is 0. The molecule has 1 unspecified atom stereocenters. The molecular formula is C17H14ClNOS. The van der Waals surface area contributed by atoms with Crippen molar-refractivity contribution in [1.82, 2.24) is 4.98 Å². The molecule has 21 heavy (non-hydrogen) atoms. The fourth-order valence-electron chi connectivity index (χ4n) is 2.14. The number of halogens is 1. The Morgan fingerprint density at radius 2 is 1.90 bits per heavy atom. The number of nitrogens with zero attached hydrogens (tertiary/aromatic N) is 1. The minimum Gasteiger partial charge on any atom is -0.388 e. The number of aromatic nitrogens is 1. The molecule has 0 bridgehead atoms. The molecule has 0 amide bonds. The third-order valence-electron chi connectivity index (χ3n) is 3.22. The van der Waals surface area contributed by atoms with Gasteiger partial charge < -0.3 is 5.11 Å². The first-order valence-electron chi connectivity index (χ1n) is 6.66. The van der Waals surface area contributed by atoms with Crippen molar-refractivity contribution < 1.29 is 5.11 Å². The summed E-state index contributed by atoms with van der Waals surface area (Å²) in [6.45, 7) is 0. The van der Waals surface area contributed by atoms with Gasteiger partial charge in [0.15, 0.2) is 0 Å². The molecule has 0 aliphatic rings. The summed E-state index contributed by atoms with van der Waals surface area (Å²) in [4.78, 5) is 4.59. The van der Waals surface area contributed by atoms with Crippen molar-refractivity contribution in [2.75, 3.05) is 0 Å². The van der Waals surface area contributed by atoms with E-state index >= 15 is 0 Å². The van der Waals surface area contributed by atoms with Gasteiger partial charge in [0.05, 0.1) is 16.8 Å². The molecule has 0 radical (unpaired) electrons. The van der Waals surface area contributed by atoms with Crippen molar-refractivity contribution in [3.63, 3.8) is 0 Å². The van der Waals surface area contributed by atoms with Crippen LogP contribution in [0.5, 0.6) is 0 Å². The van der Waals surface area contributed by atoms with E-state index in [2.05, 4.69) is 4.98 Å². The molecule has 0 saturated heterocycles. The molecule has 2 nitrogen and oxygen atoms in total. The number of thiazole rings is 1. The molecule has 0 fully saturated rings. The molecule has 3 aromatic rings. The van der Waals surface area contributed by atoms with Crippen molar-refractivity contribution in [2.24, 2.45) is 0 Å². The third kappa shape index (κ3) is 3.50. The second-order valence-electron chi connectivity index (χ2n) is 4.77. The number of benzene rings is 2. The summed E-state index contributed by atoms with van der Waals surface area (Å²) in [6.07, 6.45) is -0.0869. The minimum absolute atomic E-state index is 0.498. The monoisotopic (exact) mass is 315 g/mol. The van der Waals surface area contributed by atoms with E-state index in [0.717, 1.165) is 21.8 Å². The van der Waals surface area contributed by atoms with Crippen molar-refractivity contribution in [3.8, 4) is 11.3 Å². The molecule has 0 spiro atoms. The van der Waals surface area contributed by atoms with Gasteiger partial charge in [-0.2, -0.15) is 0 Å². The van der Waals surface area contributed by atoms with Crippen LogP contribution >= 0.6 is 22.9 Å². The van der Waals surface area contributed by atoms with E-state index < -0.39 is 6.10 Å². The maximum atomic E-state index is 10.3. The van der Waals surface area contributed by atoms with Gasteiger partial charge in [0, 0.05) is 22.4 Å². The Labute approximate surface area is 132 Å². The Bertz CT molecular complexity index is 726. The van der Waals surface area contributed by atoms with Crippen LogP contribution in [0.2, 0.25) is 5.02 Å². The van der Waals surface area contributed by atoms with Gasteiger partial charge in [0.1, 0.15) is 0 Å². The largest absolute Gasteiger partial charge is 0.388 e. The lowest BCUT2D eigenvalue weighted by Crippen LogP contribution is -2.01. The molecule has 0 saturated carbocycles. The molecule has 0 aliphatic carbocycles. The Morgan fingerprint density at radius 3 is 2.67 bits per heavy atom. The minimum atomic E-state index is -0.585. The highest BCUT2D eigenvalue weighted by Gasteiger charge is 2.12. The average molecular weight is 316 g/mol. The topological polar surface area (TPSA) is 33.1 Å². The van der Waals surface area contributed by atoms with Crippen molar-refractivity contribution >= 4 is 22.9 Å². The first kappa shape index (κ1) is 14.3. The van der Waals surface area contributed by atoms with Gasteiger partial charge in [-0.15, -0.1) is 11.3 Å². The van der Waals surface area contributed by atoms with Gasteiger partial charge >= 0.3 is 0 Å². The van der Waals surface area contributed by atoms with Crippen LogP contribution in [-0.4, -0.2) is 10.1 Å². The normalized spacial score (nSPS) is 12.3. The smallest absolute Gasteiger partial charge is 0.0961 e. The maximum absolute atomic E-state index is 10.3. The summed E-state index contributed by atoms with van der Waals surface area (Å²) in [7, 11) is 0. The number of hydrogen-bond acceptors (Lipinski definition) is 3. The second kappa shape index (κ2) is 6.39. The highest BCUT2D eigenvalue weighted by molar-refractivity contribution is 7.09. The van der Waals surface area contributed by atoms with E-state index in [0.29, 0.717) is 11.4 Å². The summed E-state index contributed by atoms with van der Waals surface area (Å²) in [5, 5.41) is 13.9. The molecule has 1 aromatic heterocycles. The average Bonchev–Trinajstić information content (AvgIpc) is 2.97. The quantitative estimate of drug-likeness (QED) is 0.754. The molecule has 4 heteroatoms. The van der Waals surface area contributed by atoms with Crippen molar-refractivity contribution in [1.29, 1.82) is 0 Å². The Hall–Kier alpha value is -1.68. The third-order valence-corrected chi connectivity index (χ3v) is 4.33. The van der Waals surface area contributed by atoms with Crippen LogP contribution in [0.1, 0.15) is 16.7 Å². The molecule has 1 N–H and O–H groups in total. The first-order valence-corrected chi connectivity index (χ1v) is 7.91. The summed E-state index contributed by atoms with van der Waals surface area (Å²) in [5.41, 5.74) is 2.87. The number of hydrogen-bond donors (Lipinski definition) is 1. The Morgan fingerprint density at radius 1 is 1.10 bits per heavy atom. The molecule has 106 valence electrons. The summed E-state index contributed by atoms with van der Waals surface area (Å²) >= 11 is 7.52. The highest BCUT2D eigenvalue weighted by Crippen LogP contribution is 2.26. The molecular weight excluding hydrogens is 302 g/mol. The van der Waals surface area contributed by atoms with Crippen LogP contribution in [0.25, 0.3) is 11.3 Å². The van der Waals surface area contributed by atoms with Gasteiger partial charge in [-0.1, -0.05) is 54.1 Å². The predicted molar refractivity (Wildman–Crippen MR) is 87.7 cm³/mol. The van der Waals surface area contributed by atoms with Crippen LogP contribution in [0.3, 0.4) is 0 Å². The summed E-state index contributed by atoms with van der Waals surface area (Å²) < 4.78 is 0.